The lowest BCUT2D eigenvalue weighted by Crippen LogP contribution is -2.55. The second kappa shape index (κ2) is 10.2. The minimum atomic E-state index is -3.45. The molecule has 0 radical (unpaired) electrons. The maximum atomic E-state index is 12.4. The van der Waals surface area contributed by atoms with E-state index >= 15 is 0 Å². The number of rotatable bonds is 7. The van der Waals surface area contributed by atoms with Gasteiger partial charge in [0, 0.05) is 26.2 Å². The predicted octanol–water partition coefficient (Wildman–Crippen LogP) is 1.13. The van der Waals surface area contributed by atoms with E-state index in [0.29, 0.717) is 32.8 Å². The minimum Gasteiger partial charge on any atom is -0.375 e. The molecule has 0 bridgehead atoms. The van der Waals surface area contributed by atoms with E-state index in [1.807, 2.05) is 20.8 Å². The number of sulfonamides is 1. The Kier molecular flexibility index (Phi) is 8.99. The van der Waals surface area contributed by atoms with Crippen LogP contribution in [0.4, 0.5) is 0 Å². The summed E-state index contributed by atoms with van der Waals surface area (Å²) in [6, 6.07) is 6.26. The van der Waals surface area contributed by atoms with Gasteiger partial charge in [-0.15, -0.1) is 12.4 Å². The molecule has 2 atom stereocenters. The Bertz CT molecular complexity index is 678. The number of morpholine rings is 1. The van der Waals surface area contributed by atoms with Crippen molar-refractivity contribution < 1.29 is 17.9 Å². The third-order valence-electron chi connectivity index (χ3n) is 4.33. The van der Waals surface area contributed by atoms with Crippen molar-refractivity contribution >= 4 is 28.3 Å². The van der Waals surface area contributed by atoms with E-state index in [4.69, 9.17) is 4.74 Å². The van der Waals surface area contributed by atoms with Crippen molar-refractivity contribution in [1.29, 1.82) is 0 Å². The highest BCUT2D eigenvalue weighted by molar-refractivity contribution is 7.89. The summed E-state index contributed by atoms with van der Waals surface area (Å²) in [4.78, 5) is 12.5. The normalized spacial score (nSPS) is 20.5. The molecule has 0 aromatic heterocycles. The van der Waals surface area contributed by atoms with Crippen LogP contribution in [0.25, 0.3) is 0 Å². The zero-order valence-electron chi connectivity index (χ0n) is 15.4. The van der Waals surface area contributed by atoms with E-state index in [0.717, 1.165) is 5.56 Å². The molecule has 1 aromatic carbocycles. The molecule has 26 heavy (non-hydrogen) atoms. The van der Waals surface area contributed by atoms with Crippen LogP contribution in [-0.2, 0) is 26.1 Å². The molecular formula is C17H28ClN3O4S. The Hall–Kier alpha value is -1.19. The second-order valence-electron chi connectivity index (χ2n) is 5.96. The zero-order chi connectivity index (χ0) is 18.4. The van der Waals surface area contributed by atoms with E-state index in [1.165, 1.54) is 4.31 Å². The van der Waals surface area contributed by atoms with Crippen LogP contribution in [-0.4, -0.2) is 57.0 Å². The van der Waals surface area contributed by atoms with Gasteiger partial charge in [-0.1, -0.05) is 26.0 Å². The largest absolute Gasteiger partial charge is 0.375 e. The highest BCUT2D eigenvalue weighted by atomic mass is 35.5. The summed E-state index contributed by atoms with van der Waals surface area (Å²) < 4.78 is 31.8. The first-order chi connectivity index (χ1) is 11.9. The van der Waals surface area contributed by atoms with Crippen LogP contribution in [0.5, 0.6) is 0 Å². The molecule has 0 spiro atoms. The van der Waals surface area contributed by atoms with Gasteiger partial charge in [-0.2, -0.15) is 4.31 Å². The van der Waals surface area contributed by atoms with Gasteiger partial charge in [-0.25, -0.2) is 8.42 Å². The molecule has 0 saturated carbocycles. The smallest absolute Gasteiger partial charge is 0.243 e. The number of benzene rings is 1. The maximum Gasteiger partial charge on any atom is 0.243 e. The molecule has 1 saturated heterocycles. The maximum absolute atomic E-state index is 12.4. The summed E-state index contributed by atoms with van der Waals surface area (Å²) in [5.41, 5.74) is 0.844. The first-order valence-electron chi connectivity index (χ1n) is 8.62. The molecule has 1 fully saturated rings. The third-order valence-corrected chi connectivity index (χ3v) is 6.40. The van der Waals surface area contributed by atoms with E-state index < -0.39 is 10.0 Å². The van der Waals surface area contributed by atoms with Gasteiger partial charge in [-0.3, -0.25) is 4.79 Å². The van der Waals surface area contributed by atoms with Gasteiger partial charge in [0.25, 0.3) is 0 Å². The van der Waals surface area contributed by atoms with Crippen LogP contribution in [0.15, 0.2) is 29.2 Å². The molecule has 0 unspecified atom stereocenters. The molecule has 148 valence electrons. The highest BCUT2D eigenvalue weighted by Gasteiger charge is 2.28. The van der Waals surface area contributed by atoms with Crippen LogP contribution in [0.2, 0.25) is 0 Å². The predicted molar refractivity (Wildman–Crippen MR) is 103 cm³/mol. The van der Waals surface area contributed by atoms with E-state index in [1.54, 1.807) is 24.3 Å². The number of nitrogens with zero attached hydrogens (tertiary/aromatic N) is 1. The second-order valence-corrected chi connectivity index (χ2v) is 7.90. The fraction of sp³-hybridized carbons (Fsp3) is 0.588. The molecule has 9 heteroatoms. The fourth-order valence-corrected chi connectivity index (χ4v) is 4.28. The molecule has 7 nitrogen and oxygen atoms in total. The van der Waals surface area contributed by atoms with Gasteiger partial charge in [-0.05, 0) is 24.6 Å². The quantitative estimate of drug-likeness (QED) is 0.710. The van der Waals surface area contributed by atoms with Gasteiger partial charge in [0.2, 0.25) is 15.9 Å². The van der Waals surface area contributed by atoms with Crippen molar-refractivity contribution in [3.63, 3.8) is 0 Å². The van der Waals surface area contributed by atoms with Gasteiger partial charge < -0.3 is 15.4 Å². The molecule has 1 heterocycles. The Morgan fingerprint density at radius 2 is 1.88 bits per heavy atom. The number of carbonyl (C=O) groups excluding carboxylic acids is 1. The van der Waals surface area contributed by atoms with Crippen LogP contribution >= 0.6 is 12.4 Å². The summed E-state index contributed by atoms with van der Waals surface area (Å²) in [6.45, 7) is 7.97. The monoisotopic (exact) mass is 405 g/mol. The lowest BCUT2D eigenvalue weighted by Gasteiger charge is -2.29. The number of halogens is 1. The zero-order valence-corrected chi connectivity index (χ0v) is 17.0. The number of amides is 1. The lowest BCUT2D eigenvalue weighted by molar-refractivity contribution is -0.129. The van der Waals surface area contributed by atoms with Crippen LogP contribution in [0.1, 0.15) is 26.3 Å². The fourth-order valence-electron chi connectivity index (χ4n) is 2.82. The van der Waals surface area contributed by atoms with Gasteiger partial charge in [0.05, 0.1) is 17.6 Å². The van der Waals surface area contributed by atoms with Crippen molar-refractivity contribution in [2.24, 2.45) is 0 Å². The molecule has 2 N–H and O–H groups in total. The Morgan fingerprint density at radius 1 is 1.27 bits per heavy atom. The number of carbonyl (C=O) groups is 1. The van der Waals surface area contributed by atoms with Gasteiger partial charge in [0.1, 0.15) is 6.04 Å². The van der Waals surface area contributed by atoms with Crippen LogP contribution in [0.3, 0.4) is 0 Å². The molecule has 1 aliphatic heterocycles. The molecule has 1 aliphatic rings. The summed E-state index contributed by atoms with van der Waals surface area (Å²) in [7, 11) is -3.45. The number of nitrogens with one attached hydrogen (secondary N) is 2. The van der Waals surface area contributed by atoms with Gasteiger partial charge in [0.15, 0.2) is 0 Å². The summed E-state index contributed by atoms with van der Waals surface area (Å²) in [5, 5.41) is 6.00. The average molecular weight is 406 g/mol. The van der Waals surface area contributed by atoms with E-state index in [-0.39, 0.29) is 35.4 Å². The van der Waals surface area contributed by atoms with Crippen LogP contribution < -0.4 is 10.6 Å². The van der Waals surface area contributed by atoms with Crippen LogP contribution in [0, 0.1) is 0 Å². The van der Waals surface area contributed by atoms with E-state index in [9.17, 15) is 13.2 Å². The topological polar surface area (TPSA) is 87.7 Å². The molecule has 1 amide bonds. The van der Waals surface area contributed by atoms with Crippen molar-refractivity contribution in [3.8, 4) is 0 Å². The van der Waals surface area contributed by atoms with Crippen molar-refractivity contribution in [3.05, 3.63) is 29.8 Å². The number of hydrogen-bond donors (Lipinski definition) is 2. The lowest BCUT2D eigenvalue weighted by atomic mass is 10.1. The van der Waals surface area contributed by atoms with Crippen molar-refractivity contribution in [2.75, 3.05) is 26.2 Å². The molecule has 2 rings (SSSR count). The molecule has 0 aliphatic carbocycles. The molecular weight excluding hydrogens is 378 g/mol. The molecule has 1 aromatic rings. The number of ether oxygens (including phenoxy) is 1. The Labute approximate surface area is 161 Å². The summed E-state index contributed by atoms with van der Waals surface area (Å²) in [6.07, 6.45) is -0.171. The first-order valence-corrected chi connectivity index (χ1v) is 10.1. The highest BCUT2D eigenvalue weighted by Crippen LogP contribution is 2.16. The standard InChI is InChI=1S/C17H27N3O4S.ClH/c1-4-20(5-2)25(22,23)15-8-6-14(7-9-15)12-19-17(21)16-13(3)24-11-10-18-16;/h6-9,13,16,18H,4-5,10-12H2,1-3H3,(H,19,21);1H/t13-,16+;/m1./s1. The Balaban J connectivity index is 0.00000338. The summed E-state index contributed by atoms with van der Waals surface area (Å²) >= 11 is 0. The van der Waals surface area contributed by atoms with Gasteiger partial charge >= 0.3 is 0 Å². The first kappa shape index (κ1) is 22.9. The SMILES string of the molecule is CCN(CC)S(=O)(=O)c1ccc(CNC(=O)[C@H]2NCCO[C@@H]2C)cc1.Cl. The van der Waals surface area contributed by atoms with E-state index in [2.05, 4.69) is 10.6 Å². The third kappa shape index (κ3) is 5.40. The van der Waals surface area contributed by atoms with Crippen molar-refractivity contribution in [1.82, 2.24) is 14.9 Å². The minimum absolute atomic E-state index is 0. The van der Waals surface area contributed by atoms with Crippen molar-refractivity contribution in [2.45, 2.75) is 44.4 Å². The summed E-state index contributed by atoms with van der Waals surface area (Å²) in [5.74, 6) is -0.118. The average Bonchev–Trinajstić information content (AvgIpc) is 2.61. The Morgan fingerprint density at radius 3 is 2.42 bits per heavy atom. The number of hydrogen-bond acceptors (Lipinski definition) is 5.